The van der Waals surface area contributed by atoms with Gasteiger partial charge in [-0.25, -0.2) is 4.98 Å². The maximum absolute atomic E-state index is 12.2. The van der Waals surface area contributed by atoms with Crippen LogP contribution in [0.3, 0.4) is 0 Å². The number of hydrogen-bond donors (Lipinski definition) is 1. The first-order valence-electron chi connectivity index (χ1n) is 12.8. The molecule has 36 heavy (non-hydrogen) atoms. The van der Waals surface area contributed by atoms with Crippen LogP contribution in [0.25, 0.3) is 22.2 Å². The van der Waals surface area contributed by atoms with E-state index < -0.39 is 0 Å². The van der Waals surface area contributed by atoms with Gasteiger partial charge in [0.25, 0.3) is 0 Å². The molecule has 1 amide bonds. The number of benzene rings is 2. The number of piperazine rings is 1. The molecular weight excluding hydrogens is 448 g/mol. The fraction of sp³-hybridized carbons (Fsp3) is 0.310. The third kappa shape index (κ3) is 5.15. The molecule has 182 valence electrons. The Morgan fingerprint density at radius 3 is 2.33 bits per heavy atom. The number of rotatable bonds is 7. The molecule has 0 unspecified atom stereocenters. The Morgan fingerprint density at radius 2 is 1.58 bits per heavy atom. The summed E-state index contributed by atoms with van der Waals surface area (Å²) < 4.78 is 0. The summed E-state index contributed by atoms with van der Waals surface area (Å²) >= 11 is 0. The van der Waals surface area contributed by atoms with Crippen molar-refractivity contribution in [2.45, 2.75) is 25.7 Å². The van der Waals surface area contributed by atoms with Crippen LogP contribution in [0.5, 0.6) is 0 Å². The molecule has 2 aromatic heterocycles. The molecule has 1 aliphatic carbocycles. The molecule has 7 heteroatoms. The van der Waals surface area contributed by atoms with Gasteiger partial charge in [0, 0.05) is 56.4 Å². The SMILES string of the molecule is O=C(CCC1CC1)Nc1ccc(-c2ccc3ncc(N4CCN(c5ccncc5)CC4)nc3c2)cc1. The molecule has 6 rings (SSSR count). The number of amides is 1. The number of aromatic nitrogens is 3. The second kappa shape index (κ2) is 9.93. The van der Waals surface area contributed by atoms with E-state index in [1.165, 1.54) is 18.5 Å². The molecule has 0 bridgehead atoms. The number of nitrogens with zero attached hydrogens (tertiary/aromatic N) is 5. The maximum atomic E-state index is 12.2. The summed E-state index contributed by atoms with van der Waals surface area (Å²) in [6.45, 7) is 3.67. The van der Waals surface area contributed by atoms with Crippen molar-refractivity contribution in [2.75, 3.05) is 41.3 Å². The standard InChI is InChI=1S/C29H30N6O/c36-29(10-3-21-1-2-21)32-24-7-4-22(5-8-24)23-6-9-26-27(19-23)33-28(20-31-26)35-17-15-34(16-18-35)25-11-13-30-14-12-25/h4-9,11-14,19-21H,1-3,10,15-18H2,(H,32,36). The number of pyridine rings is 1. The van der Waals surface area contributed by atoms with Gasteiger partial charge in [0.05, 0.1) is 17.2 Å². The zero-order chi connectivity index (χ0) is 24.3. The van der Waals surface area contributed by atoms with Gasteiger partial charge in [-0.3, -0.25) is 14.8 Å². The van der Waals surface area contributed by atoms with E-state index in [-0.39, 0.29) is 5.91 Å². The smallest absolute Gasteiger partial charge is 0.224 e. The Bertz CT molecular complexity index is 1350. The van der Waals surface area contributed by atoms with Crippen molar-refractivity contribution in [1.82, 2.24) is 15.0 Å². The molecule has 3 heterocycles. The first-order chi connectivity index (χ1) is 17.7. The monoisotopic (exact) mass is 478 g/mol. The van der Waals surface area contributed by atoms with E-state index >= 15 is 0 Å². The normalized spacial score (nSPS) is 15.8. The van der Waals surface area contributed by atoms with Gasteiger partial charge < -0.3 is 15.1 Å². The minimum absolute atomic E-state index is 0.102. The highest BCUT2D eigenvalue weighted by Gasteiger charge is 2.22. The molecule has 0 atom stereocenters. The van der Waals surface area contributed by atoms with Gasteiger partial charge >= 0.3 is 0 Å². The predicted octanol–water partition coefficient (Wildman–Crippen LogP) is 5.15. The second-order valence-corrected chi connectivity index (χ2v) is 9.72. The molecule has 2 fully saturated rings. The number of fused-ring (bicyclic) bond motifs is 1. The summed E-state index contributed by atoms with van der Waals surface area (Å²) in [4.78, 5) is 30.6. The number of anilines is 3. The zero-order valence-corrected chi connectivity index (χ0v) is 20.3. The molecule has 1 N–H and O–H groups in total. The van der Waals surface area contributed by atoms with Crippen LogP contribution >= 0.6 is 0 Å². The maximum Gasteiger partial charge on any atom is 0.224 e. The van der Waals surface area contributed by atoms with E-state index in [1.807, 2.05) is 48.9 Å². The largest absolute Gasteiger partial charge is 0.368 e. The van der Waals surface area contributed by atoms with E-state index in [2.05, 4.69) is 49.4 Å². The van der Waals surface area contributed by atoms with Crippen molar-refractivity contribution in [3.05, 3.63) is 73.2 Å². The molecule has 4 aromatic rings. The highest BCUT2D eigenvalue weighted by atomic mass is 16.1. The fourth-order valence-corrected chi connectivity index (χ4v) is 4.79. The third-order valence-electron chi connectivity index (χ3n) is 7.14. The Kier molecular flexibility index (Phi) is 6.20. The lowest BCUT2D eigenvalue weighted by Gasteiger charge is -2.36. The summed E-state index contributed by atoms with van der Waals surface area (Å²) in [5.74, 6) is 1.79. The van der Waals surface area contributed by atoms with E-state index in [9.17, 15) is 4.79 Å². The van der Waals surface area contributed by atoms with Crippen molar-refractivity contribution in [3.63, 3.8) is 0 Å². The number of carbonyl (C=O) groups excluding carboxylic acids is 1. The molecule has 7 nitrogen and oxygen atoms in total. The Labute approximate surface area is 211 Å². The Balaban J connectivity index is 1.13. The van der Waals surface area contributed by atoms with Crippen LogP contribution in [0.2, 0.25) is 0 Å². The van der Waals surface area contributed by atoms with Crippen LogP contribution in [-0.4, -0.2) is 47.0 Å². The van der Waals surface area contributed by atoms with Crippen molar-refractivity contribution in [1.29, 1.82) is 0 Å². The quantitative estimate of drug-likeness (QED) is 0.396. The average Bonchev–Trinajstić information content (AvgIpc) is 3.77. The predicted molar refractivity (Wildman–Crippen MR) is 144 cm³/mol. The molecule has 1 saturated heterocycles. The summed E-state index contributed by atoms with van der Waals surface area (Å²) in [5, 5.41) is 3.02. The molecule has 0 spiro atoms. The highest BCUT2D eigenvalue weighted by Crippen LogP contribution is 2.33. The summed E-state index contributed by atoms with van der Waals surface area (Å²) in [5.41, 5.74) is 6.00. The number of nitrogens with one attached hydrogen (secondary N) is 1. The van der Waals surface area contributed by atoms with E-state index in [0.717, 1.165) is 72.2 Å². The summed E-state index contributed by atoms with van der Waals surface area (Å²) in [6.07, 6.45) is 9.73. The molecule has 2 aromatic carbocycles. The molecule has 0 radical (unpaired) electrons. The minimum atomic E-state index is 0.102. The minimum Gasteiger partial charge on any atom is -0.368 e. The van der Waals surface area contributed by atoms with Crippen molar-refractivity contribution in [2.24, 2.45) is 5.92 Å². The second-order valence-electron chi connectivity index (χ2n) is 9.72. The van der Waals surface area contributed by atoms with Gasteiger partial charge in [-0.2, -0.15) is 0 Å². The van der Waals surface area contributed by atoms with Gasteiger partial charge in [-0.1, -0.05) is 31.0 Å². The van der Waals surface area contributed by atoms with E-state index in [0.29, 0.717) is 6.42 Å². The van der Waals surface area contributed by atoms with E-state index in [1.54, 1.807) is 0 Å². The van der Waals surface area contributed by atoms with Crippen molar-refractivity contribution in [3.8, 4) is 11.1 Å². The zero-order valence-electron chi connectivity index (χ0n) is 20.3. The lowest BCUT2D eigenvalue weighted by molar-refractivity contribution is -0.116. The van der Waals surface area contributed by atoms with Gasteiger partial charge in [-0.05, 0) is 59.9 Å². The van der Waals surface area contributed by atoms with Crippen LogP contribution in [0.1, 0.15) is 25.7 Å². The van der Waals surface area contributed by atoms with Crippen LogP contribution in [0, 0.1) is 5.92 Å². The van der Waals surface area contributed by atoms with Crippen LogP contribution < -0.4 is 15.1 Å². The molecule has 1 saturated carbocycles. The molecule has 1 aliphatic heterocycles. The fourth-order valence-electron chi connectivity index (χ4n) is 4.79. The van der Waals surface area contributed by atoms with Crippen LogP contribution in [0.15, 0.2) is 73.2 Å². The first kappa shape index (κ1) is 22.5. The first-order valence-corrected chi connectivity index (χ1v) is 12.8. The highest BCUT2D eigenvalue weighted by molar-refractivity contribution is 5.91. The van der Waals surface area contributed by atoms with Crippen molar-refractivity contribution >= 4 is 34.1 Å². The van der Waals surface area contributed by atoms with E-state index in [4.69, 9.17) is 4.98 Å². The van der Waals surface area contributed by atoms with Crippen LogP contribution in [-0.2, 0) is 4.79 Å². The number of hydrogen-bond acceptors (Lipinski definition) is 6. The third-order valence-corrected chi connectivity index (χ3v) is 7.14. The average molecular weight is 479 g/mol. The lowest BCUT2D eigenvalue weighted by Crippen LogP contribution is -2.46. The summed E-state index contributed by atoms with van der Waals surface area (Å²) in [7, 11) is 0. The summed E-state index contributed by atoms with van der Waals surface area (Å²) in [6, 6.07) is 18.4. The van der Waals surface area contributed by atoms with Gasteiger partial charge in [0.1, 0.15) is 5.82 Å². The van der Waals surface area contributed by atoms with Gasteiger partial charge in [0.2, 0.25) is 5.91 Å². The van der Waals surface area contributed by atoms with Gasteiger partial charge in [-0.15, -0.1) is 0 Å². The van der Waals surface area contributed by atoms with Gasteiger partial charge in [0.15, 0.2) is 0 Å². The van der Waals surface area contributed by atoms with Crippen molar-refractivity contribution < 1.29 is 4.79 Å². The number of carbonyl (C=O) groups is 1. The van der Waals surface area contributed by atoms with Crippen LogP contribution in [0.4, 0.5) is 17.2 Å². The Morgan fingerprint density at radius 1 is 0.861 bits per heavy atom. The molecular formula is C29H30N6O. The Hall–Kier alpha value is -4.00. The molecule has 2 aliphatic rings. The topological polar surface area (TPSA) is 74.2 Å². The lowest BCUT2D eigenvalue weighted by atomic mass is 10.0.